The molecule has 2 rings (SSSR count). The number of nitrogens with one attached hydrogen (secondary N) is 1. The van der Waals surface area contributed by atoms with Gasteiger partial charge in [0.25, 0.3) is 0 Å². The summed E-state index contributed by atoms with van der Waals surface area (Å²) >= 11 is 6.11. The van der Waals surface area contributed by atoms with Crippen molar-refractivity contribution in [2.45, 2.75) is 26.7 Å². The van der Waals surface area contributed by atoms with Gasteiger partial charge in [0.1, 0.15) is 5.75 Å². The molecule has 0 heterocycles. The first-order valence-electron chi connectivity index (χ1n) is 8.80. The van der Waals surface area contributed by atoms with Crippen molar-refractivity contribution in [3.8, 4) is 5.75 Å². The summed E-state index contributed by atoms with van der Waals surface area (Å²) in [7, 11) is -2.03. The van der Waals surface area contributed by atoms with E-state index in [4.69, 9.17) is 16.3 Å². The summed E-state index contributed by atoms with van der Waals surface area (Å²) in [5.41, 5.74) is 3.41. The highest BCUT2D eigenvalue weighted by atomic mass is 35.5. The summed E-state index contributed by atoms with van der Waals surface area (Å²) in [6.07, 6.45) is 1.69. The minimum absolute atomic E-state index is 0.163. The lowest BCUT2D eigenvalue weighted by atomic mass is 10.1. The van der Waals surface area contributed by atoms with Gasteiger partial charge in [-0.2, -0.15) is 0 Å². The molecule has 0 aromatic heterocycles. The number of aryl methyl sites for hydroxylation is 2. The molecular formula is C20H25ClN2O4S. The molecule has 8 heteroatoms. The maximum atomic E-state index is 12.2. The number of carbonyl (C=O) groups excluding carboxylic acids is 1. The van der Waals surface area contributed by atoms with Crippen LogP contribution in [0.3, 0.4) is 0 Å². The Morgan fingerprint density at radius 3 is 2.43 bits per heavy atom. The van der Waals surface area contributed by atoms with Crippen LogP contribution in [-0.2, 0) is 14.8 Å². The van der Waals surface area contributed by atoms with Gasteiger partial charge in [-0.15, -0.1) is 0 Å². The van der Waals surface area contributed by atoms with E-state index in [0.717, 1.165) is 23.1 Å². The van der Waals surface area contributed by atoms with Gasteiger partial charge in [-0.3, -0.25) is 9.10 Å². The van der Waals surface area contributed by atoms with Gasteiger partial charge in [0.2, 0.25) is 15.9 Å². The van der Waals surface area contributed by atoms with E-state index in [2.05, 4.69) is 5.32 Å². The van der Waals surface area contributed by atoms with Crippen molar-refractivity contribution in [1.82, 2.24) is 0 Å². The minimum atomic E-state index is -3.52. The van der Waals surface area contributed by atoms with Crippen LogP contribution in [-0.4, -0.2) is 34.2 Å². The fourth-order valence-corrected chi connectivity index (χ4v) is 3.93. The lowest BCUT2D eigenvalue weighted by Gasteiger charge is -2.23. The number of sulfonamides is 1. The fraction of sp³-hybridized carbons (Fsp3) is 0.350. The van der Waals surface area contributed by atoms with E-state index in [0.29, 0.717) is 22.9 Å². The number of rotatable bonds is 8. The molecule has 0 atom stereocenters. The summed E-state index contributed by atoms with van der Waals surface area (Å²) in [6.45, 7) is 4.16. The Morgan fingerprint density at radius 1 is 1.14 bits per heavy atom. The number of anilines is 2. The van der Waals surface area contributed by atoms with Crippen molar-refractivity contribution in [2.75, 3.05) is 29.5 Å². The van der Waals surface area contributed by atoms with E-state index in [9.17, 15) is 13.2 Å². The van der Waals surface area contributed by atoms with Crippen LogP contribution >= 0.6 is 11.6 Å². The van der Waals surface area contributed by atoms with Crippen molar-refractivity contribution < 1.29 is 17.9 Å². The zero-order valence-corrected chi connectivity index (χ0v) is 18.0. The average molecular weight is 425 g/mol. The lowest BCUT2D eigenvalue weighted by Crippen LogP contribution is -2.31. The normalized spacial score (nSPS) is 11.2. The third kappa shape index (κ3) is 5.87. The molecule has 1 N–H and O–H groups in total. The van der Waals surface area contributed by atoms with Gasteiger partial charge in [0.15, 0.2) is 0 Å². The molecule has 0 fully saturated rings. The molecule has 0 aliphatic rings. The molecule has 0 aliphatic heterocycles. The highest BCUT2D eigenvalue weighted by Crippen LogP contribution is 2.30. The molecule has 152 valence electrons. The van der Waals surface area contributed by atoms with E-state index in [1.54, 1.807) is 12.1 Å². The molecule has 0 bridgehead atoms. The zero-order chi connectivity index (χ0) is 20.9. The van der Waals surface area contributed by atoms with Crippen molar-refractivity contribution in [3.05, 3.63) is 52.5 Å². The Kier molecular flexibility index (Phi) is 7.32. The van der Waals surface area contributed by atoms with Crippen molar-refractivity contribution >= 4 is 38.9 Å². The predicted molar refractivity (Wildman–Crippen MR) is 114 cm³/mol. The maximum Gasteiger partial charge on any atom is 0.232 e. The Balaban J connectivity index is 2.01. The summed E-state index contributed by atoms with van der Waals surface area (Å²) in [5, 5.41) is 3.16. The summed E-state index contributed by atoms with van der Waals surface area (Å²) in [4.78, 5) is 12.2. The summed E-state index contributed by atoms with van der Waals surface area (Å²) in [6, 6.07) is 10.5. The topological polar surface area (TPSA) is 75.7 Å². The molecule has 28 heavy (non-hydrogen) atoms. The molecule has 1 amide bonds. The van der Waals surface area contributed by atoms with Gasteiger partial charge in [0, 0.05) is 18.7 Å². The van der Waals surface area contributed by atoms with E-state index in [1.807, 2.05) is 32.0 Å². The van der Waals surface area contributed by atoms with Gasteiger partial charge in [-0.25, -0.2) is 8.42 Å². The van der Waals surface area contributed by atoms with Gasteiger partial charge in [-0.05, 0) is 61.7 Å². The molecule has 0 saturated heterocycles. The van der Waals surface area contributed by atoms with Crippen LogP contribution in [0.4, 0.5) is 11.4 Å². The number of ether oxygens (including phenoxy) is 1. The zero-order valence-electron chi connectivity index (χ0n) is 16.5. The first kappa shape index (κ1) is 22.0. The monoisotopic (exact) mass is 424 g/mol. The number of benzene rings is 2. The minimum Gasteiger partial charge on any atom is -0.495 e. The van der Waals surface area contributed by atoms with Crippen LogP contribution in [0.2, 0.25) is 5.02 Å². The molecular weight excluding hydrogens is 400 g/mol. The fourth-order valence-electron chi connectivity index (χ4n) is 2.72. The Morgan fingerprint density at radius 2 is 1.86 bits per heavy atom. The number of nitrogens with zero attached hydrogens (tertiary/aromatic N) is 1. The van der Waals surface area contributed by atoms with Crippen LogP contribution in [0.5, 0.6) is 5.75 Å². The Labute approximate surface area is 171 Å². The summed E-state index contributed by atoms with van der Waals surface area (Å²) < 4.78 is 30.7. The number of carbonyl (C=O) groups is 1. The standard InChI is InChI=1S/C20H25ClN2O4S/c1-14-7-8-16(12-15(14)2)22-20(24)6-5-11-23(28(4,25)26)17-9-10-19(27-3)18(21)13-17/h7-10,12-13H,5-6,11H2,1-4H3,(H,22,24). The molecule has 6 nitrogen and oxygen atoms in total. The molecule has 2 aromatic rings. The number of hydrogen-bond acceptors (Lipinski definition) is 4. The molecule has 2 aromatic carbocycles. The van der Waals surface area contributed by atoms with Crippen LogP contribution in [0.1, 0.15) is 24.0 Å². The third-order valence-corrected chi connectivity index (χ3v) is 5.87. The Hall–Kier alpha value is -2.25. The van der Waals surface area contributed by atoms with E-state index >= 15 is 0 Å². The van der Waals surface area contributed by atoms with Crippen LogP contribution in [0, 0.1) is 13.8 Å². The highest BCUT2D eigenvalue weighted by Gasteiger charge is 2.19. The highest BCUT2D eigenvalue weighted by molar-refractivity contribution is 7.92. The van der Waals surface area contributed by atoms with Gasteiger partial charge in [-0.1, -0.05) is 17.7 Å². The quantitative estimate of drug-likeness (QED) is 0.690. The van der Waals surface area contributed by atoms with Crippen LogP contribution in [0.15, 0.2) is 36.4 Å². The van der Waals surface area contributed by atoms with Crippen molar-refractivity contribution in [1.29, 1.82) is 0 Å². The number of halogens is 1. The van der Waals surface area contributed by atoms with Crippen molar-refractivity contribution in [2.24, 2.45) is 0 Å². The second kappa shape index (κ2) is 9.30. The maximum absolute atomic E-state index is 12.2. The second-order valence-corrected chi connectivity index (χ2v) is 8.92. The predicted octanol–water partition coefficient (Wildman–Crippen LogP) is 4.15. The molecule has 0 saturated carbocycles. The SMILES string of the molecule is COc1ccc(N(CCCC(=O)Nc2ccc(C)c(C)c2)S(C)(=O)=O)cc1Cl. The number of amides is 1. The molecule has 0 aliphatic carbocycles. The smallest absolute Gasteiger partial charge is 0.232 e. The largest absolute Gasteiger partial charge is 0.495 e. The molecule has 0 unspecified atom stereocenters. The van der Waals surface area contributed by atoms with Crippen LogP contribution in [0.25, 0.3) is 0 Å². The number of methoxy groups -OCH3 is 1. The lowest BCUT2D eigenvalue weighted by molar-refractivity contribution is -0.116. The van der Waals surface area contributed by atoms with E-state index in [1.165, 1.54) is 17.5 Å². The average Bonchev–Trinajstić information content (AvgIpc) is 2.61. The van der Waals surface area contributed by atoms with Crippen molar-refractivity contribution in [3.63, 3.8) is 0 Å². The molecule has 0 radical (unpaired) electrons. The first-order chi connectivity index (χ1) is 13.1. The van der Waals surface area contributed by atoms with Crippen LogP contribution < -0.4 is 14.4 Å². The van der Waals surface area contributed by atoms with E-state index < -0.39 is 10.0 Å². The van der Waals surface area contributed by atoms with Gasteiger partial charge < -0.3 is 10.1 Å². The second-order valence-electron chi connectivity index (χ2n) is 6.60. The third-order valence-electron chi connectivity index (χ3n) is 4.38. The number of hydrogen-bond donors (Lipinski definition) is 1. The van der Waals surface area contributed by atoms with Gasteiger partial charge >= 0.3 is 0 Å². The van der Waals surface area contributed by atoms with E-state index in [-0.39, 0.29) is 18.9 Å². The molecule has 0 spiro atoms. The van der Waals surface area contributed by atoms with Gasteiger partial charge in [0.05, 0.1) is 24.1 Å². The Bertz CT molecular complexity index is 961. The first-order valence-corrected chi connectivity index (χ1v) is 11.0. The summed E-state index contributed by atoms with van der Waals surface area (Å²) in [5.74, 6) is 0.302.